The first-order chi connectivity index (χ1) is 9.73. The molecule has 0 aliphatic carbocycles. The van der Waals surface area contributed by atoms with Crippen molar-refractivity contribution >= 4 is 17.7 Å². The summed E-state index contributed by atoms with van der Waals surface area (Å²) < 4.78 is 39.8. The zero-order valence-electron chi connectivity index (χ0n) is 11.5. The summed E-state index contributed by atoms with van der Waals surface area (Å²) in [6.07, 6.45) is -5.82. The molecule has 0 aliphatic rings. The molecule has 0 radical (unpaired) electrons. The standard InChI is InChI=1S/C13H15F3N2O3/c1-3-17-11(19)9-5-4-8(2)10(6-9)18-12(20)21-7-13(14,15)16/h4-6H,3,7H2,1-2H3,(H,17,19)(H,18,20). The van der Waals surface area contributed by atoms with Gasteiger partial charge >= 0.3 is 12.3 Å². The zero-order chi connectivity index (χ0) is 16.0. The Hall–Kier alpha value is -2.25. The molecular formula is C13H15F3N2O3. The predicted molar refractivity (Wildman–Crippen MR) is 70.2 cm³/mol. The zero-order valence-corrected chi connectivity index (χ0v) is 11.5. The Kier molecular flexibility index (Phi) is 5.57. The number of benzene rings is 1. The summed E-state index contributed by atoms with van der Waals surface area (Å²) in [6.45, 7) is 2.15. The minimum Gasteiger partial charge on any atom is -0.440 e. The van der Waals surface area contributed by atoms with Gasteiger partial charge in [-0.25, -0.2) is 4.79 Å². The maximum Gasteiger partial charge on any atom is 0.422 e. The molecule has 2 amide bonds. The molecule has 0 fully saturated rings. The normalized spacial score (nSPS) is 10.9. The van der Waals surface area contributed by atoms with Crippen LogP contribution < -0.4 is 10.6 Å². The number of hydrogen-bond acceptors (Lipinski definition) is 3. The average Bonchev–Trinajstić information content (AvgIpc) is 2.38. The van der Waals surface area contributed by atoms with Crippen LogP contribution in [0.5, 0.6) is 0 Å². The van der Waals surface area contributed by atoms with Gasteiger partial charge in [0.2, 0.25) is 0 Å². The van der Waals surface area contributed by atoms with Gasteiger partial charge < -0.3 is 10.1 Å². The average molecular weight is 304 g/mol. The second-order valence-corrected chi connectivity index (χ2v) is 4.21. The molecule has 5 nitrogen and oxygen atoms in total. The highest BCUT2D eigenvalue weighted by molar-refractivity contribution is 5.96. The number of alkyl halides is 3. The number of aryl methyl sites for hydroxylation is 1. The van der Waals surface area contributed by atoms with E-state index in [1.165, 1.54) is 6.07 Å². The fourth-order valence-electron chi connectivity index (χ4n) is 1.45. The summed E-state index contributed by atoms with van der Waals surface area (Å²) >= 11 is 0. The molecular weight excluding hydrogens is 289 g/mol. The molecule has 0 saturated heterocycles. The van der Waals surface area contributed by atoms with Crippen LogP contribution in [0.1, 0.15) is 22.8 Å². The van der Waals surface area contributed by atoms with E-state index in [9.17, 15) is 22.8 Å². The van der Waals surface area contributed by atoms with Crippen molar-refractivity contribution in [2.24, 2.45) is 0 Å². The SMILES string of the molecule is CCNC(=O)c1ccc(C)c(NC(=O)OCC(F)(F)F)c1. The molecule has 8 heteroatoms. The third-order valence-electron chi connectivity index (χ3n) is 2.44. The highest BCUT2D eigenvalue weighted by atomic mass is 19.4. The van der Waals surface area contributed by atoms with Gasteiger partial charge in [-0.05, 0) is 31.5 Å². The highest BCUT2D eigenvalue weighted by Gasteiger charge is 2.29. The molecule has 0 heterocycles. The molecule has 0 unspecified atom stereocenters. The Labute approximate surface area is 119 Å². The number of rotatable bonds is 4. The van der Waals surface area contributed by atoms with E-state index in [1.54, 1.807) is 26.0 Å². The number of carbonyl (C=O) groups excluding carboxylic acids is 2. The molecule has 21 heavy (non-hydrogen) atoms. The summed E-state index contributed by atoms with van der Waals surface area (Å²) in [5.74, 6) is -0.343. The van der Waals surface area contributed by atoms with Crippen LogP contribution in [-0.2, 0) is 4.74 Å². The van der Waals surface area contributed by atoms with Crippen molar-refractivity contribution < 1.29 is 27.5 Å². The molecule has 0 spiro atoms. The van der Waals surface area contributed by atoms with Gasteiger partial charge in [0.1, 0.15) is 0 Å². The minimum absolute atomic E-state index is 0.214. The fraction of sp³-hybridized carbons (Fsp3) is 0.385. The van der Waals surface area contributed by atoms with Crippen LogP contribution in [0.2, 0.25) is 0 Å². The van der Waals surface area contributed by atoms with E-state index in [2.05, 4.69) is 15.4 Å². The van der Waals surface area contributed by atoms with Crippen molar-refractivity contribution in [1.29, 1.82) is 0 Å². The third-order valence-corrected chi connectivity index (χ3v) is 2.44. The third kappa shape index (κ3) is 5.72. The first-order valence-electron chi connectivity index (χ1n) is 6.12. The fourth-order valence-corrected chi connectivity index (χ4v) is 1.45. The van der Waals surface area contributed by atoms with E-state index < -0.39 is 18.9 Å². The van der Waals surface area contributed by atoms with Crippen molar-refractivity contribution in [2.75, 3.05) is 18.5 Å². The summed E-state index contributed by atoms with van der Waals surface area (Å²) in [6, 6.07) is 4.49. The number of carbonyl (C=O) groups is 2. The van der Waals surface area contributed by atoms with Gasteiger partial charge in [0, 0.05) is 17.8 Å². The second-order valence-electron chi connectivity index (χ2n) is 4.21. The quantitative estimate of drug-likeness (QED) is 0.899. The number of hydrogen-bond donors (Lipinski definition) is 2. The Balaban J connectivity index is 2.76. The second kappa shape index (κ2) is 6.96. The van der Waals surface area contributed by atoms with Gasteiger partial charge in [-0.15, -0.1) is 0 Å². The smallest absolute Gasteiger partial charge is 0.422 e. The Bertz CT molecular complexity index is 530. The molecule has 0 bridgehead atoms. The van der Waals surface area contributed by atoms with Gasteiger partial charge in [0.05, 0.1) is 0 Å². The predicted octanol–water partition coefficient (Wildman–Crippen LogP) is 2.86. The maximum atomic E-state index is 11.9. The minimum atomic E-state index is -4.59. The molecule has 0 aliphatic heterocycles. The van der Waals surface area contributed by atoms with E-state index in [0.29, 0.717) is 12.1 Å². The summed E-state index contributed by atoms with van der Waals surface area (Å²) in [5, 5.41) is 4.75. The van der Waals surface area contributed by atoms with E-state index >= 15 is 0 Å². The van der Waals surface area contributed by atoms with Crippen molar-refractivity contribution in [1.82, 2.24) is 5.32 Å². The van der Waals surface area contributed by atoms with E-state index in [4.69, 9.17) is 0 Å². The molecule has 2 N–H and O–H groups in total. The number of ether oxygens (including phenoxy) is 1. The van der Waals surface area contributed by atoms with Gasteiger partial charge in [0.25, 0.3) is 5.91 Å². The van der Waals surface area contributed by atoms with Crippen molar-refractivity contribution in [3.63, 3.8) is 0 Å². The molecule has 1 aromatic rings. The van der Waals surface area contributed by atoms with Gasteiger partial charge in [-0.2, -0.15) is 13.2 Å². The van der Waals surface area contributed by atoms with Crippen LogP contribution in [0.3, 0.4) is 0 Å². The van der Waals surface area contributed by atoms with Gasteiger partial charge in [0.15, 0.2) is 6.61 Å². The summed E-state index contributed by atoms with van der Waals surface area (Å²) in [4.78, 5) is 22.9. The Morgan fingerprint density at radius 3 is 2.52 bits per heavy atom. The van der Waals surface area contributed by atoms with E-state index in [1.807, 2.05) is 0 Å². The Morgan fingerprint density at radius 2 is 1.95 bits per heavy atom. The lowest BCUT2D eigenvalue weighted by Gasteiger charge is -2.12. The molecule has 0 saturated carbocycles. The lowest BCUT2D eigenvalue weighted by atomic mass is 10.1. The molecule has 1 aromatic carbocycles. The highest BCUT2D eigenvalue weighted by Crippen LogP contribution is 2.18. The van der Waals surface area contributed by atoms with Crippen LogP contribution in [0.15, 0.2) is 18.2 Å². The Morgan fingerprint density at radius 1 is 1.29 bits per heavy atom. The maximum absolute atomic E-state index is 11.9. The van der Waals surface area contributed by atoms with Crippen LogP contribution in [0.4, 0.5) is 23.7 Å². The van der Waals surface area contributed by atoms with Gasteiger partial charge in [-0.3, -0.25) is 10.1 Å². The number of anilines is 1. The number of amides is 2. The van der Waals surface area contributed by atoms with Crippen molar-refractivity contribution in [3.8, 4) is 0 Å². The monoisotopic (exact) mass is 304 g/mol. The van der Waals surface area contributed by atoms with Crippen LogP contribution in [-0.4, -0.2) is 31.3 Å². The summed E-state index contributed by atoms with van der Waals surface area (Å²) in [5.41, 5.74) is 1.09. The van der Waals surface area contributed by atoms with Crippen LogP contribution >= 0.6 is 0 Å². The first kappa shape index (κ1) is 16.8. The van der Waals surface area contributed by atoms with E-state index in [-0.39, 0.29) is 17.2 Å². The molecule has 116 valence electrons. The van der Waals surface area contributed by atoms with Crippen LogP contribution in [0.25, 0.3) is 0 Å². The van der Waals surface area contributed by atoms with E-state index in [0.717, 1.165) is 0 Å². The topological polar surface area (TPSA) is 67.4 Å². The molecule has 1 rings (SSSR count). The first-order valence-corrected chi connectivity index (χ1v) is 6.12. The lowest BCUT2D eigenvalue weighted by molar-refractivity contribution is -0.159. The number of nitrogens with one attached hydrogen (secondary N) is 2. The van der Waals surface area contributed by atoms with Crippen molar-refractivity contribution in [2.45, 2.75) is 20.0 Å². The number of halogens is 3. The van der Waals surface area contributed by atoms with Gasteiger partial charge in [-0.1, -0.05) is 6.07 Å². The molecule has 0 aromatic heterocycles. The van der Waals surface area contributed by atoms with Crippen molar-refractivity contribution in [3.05, 3.63) is 29.3 Å². The lowest BCUT2D eigenvalue weighted by Crippen LogP contribution is -2.24. The largest absolute Gasteiger partial charge is 0.440 e. The van der Waals surface area contributed by atoms with Crippen LogP contribution in [0, 0.1) is 6.92 Å². The summed E-state index contributed by atoms with van der Waals surface area (Å²) in [7, 11) is 0. The molecule has 0 atom stereocenters.